The molecule has 11 heteroatoms. The number of benzene rings is 2. The fourth-order valence-electron chi connectivity index (χ4n) is 3.35. The molecule has 0 atom stereocenters. The third kappa shape index (κ3) is 5.00. The number of halogens is 3. The van der Waals surface area contributed by atoms with Crippen LogP contribution in [0.1, 0.15) is 16.1 Å². The van der Waals surface area contributed by atoms with E-state index >= 15 is 0 Å². The summed E-state index contributed by atoms with van der Waals surface area (Å²) in [6.45, 7) is 1.46. The quantitative estimate of drug-likeness (QED) is 0.278. The number of hydrogen-bond acceptors (Lipinski definition) is 5. The average Bonchev–Trinajstić information content (AvgIpc) is 3.44. The molecule has 0 aliphatic heterocycles. The van der Waals surface area contributed by atoms with Gasteiger partial charge in [0.25, 0.3) is 5.91 Å². The number of imidazole rings is 1. The number of ether oxygens (including phenoxy) is 1. The molecule has 4 N–H and O–H groups in total. The molecule has 4 rings (SSSR count). The molecule has 2 heterocycles. The largest absolute Gasteiger partial charge is 0.383 e. The van der Waals surface area contributed by atoms with E-state index in [0.717, 1.165) is 12.1 Å². The number of aromatic amines is 2. The maximum Gasteiger partial charge on any atom is 0.261 e. The van der Waals surface area contributed by atoms with Crippen LogP contribution >= 0.6 is 0 Å². The molecule has 2 aromatic heterocycles. The Kier molecular flexibility index (Phi) is 7.04. The van der Waals surface area contributed by atoms with E-state index < -0.39 is 23.1 Å². The van der Waals surface area contributed by atoms with Crippen LogP contribution in [0.5, 0.6) is 0 Å². The predicted molar refractivity (Wildman–Crippen MR) is 119 cm³/mol. The number of amides is 1. The molecule has 1 amide bonds. The highest BCUT2D eigenvalue weighted by Crippen LogP contribution is 2.29. The summed E-state index contributed by atoms with van der Waals surface area (Å²) >= 11 is 0. The number of anilines is 1. The number of methoxy groups -OCH3 is 1. The van der Waals surface area contributed by atoms with Crippen molar-refractivity contribution < 1.29 is 22.7 Å². The molecule has 0 spiro atoms. The molecule has 0 aliphatic rings. The Morgan fingerprint density at radius 3 is 2.53 bits per heavy atom. The van der Waals surface area contributed by atoms with Crippen molar-refractivity contribution in [3.05, 3.63) is 77.4 Å². The molecule has 0 saturated heterocycles. The summed E-state index contributed by atoms with van der Waals surface area (Å²) in [5.74, 6) is -3.01. The van der Waals surface area contributed by atoms with Crippen LogP contribution in [0.4, 0.5) is 18.9 Å². The fraction of sp³-hybridized carbons (Fsp3) is 0.174. The van der Waals surface area contributed by atoms with Crippen LogP contribution in [0.3, 0.4) is 0 Å². The van der Waals surface area contributed by atoms with Gasteiger partial charge in [0.2, 0.25) is 0 Å². The lowest BCUT2D eigenvalue weighted by atomic mass is 10.1. The molecule has 4 aromatic rings. The number of aromatic nitrogens is 4. The highest BCUT2D eigenvalue weighted by Gasteiger charge is 2.22. The van der Waals surface area contributed by atoms with Gasteiger partial charge in [-0.05, 0) is 36.4 Å². The van der Waals surface area contributed by atoms with E-state index in [2.05, 4.69) is 30.8 Å². The van der Waals surface area contributed by atoms with E-state index in [0.29, 0.717) is 42.5 Å². The van der Waals surface area contributed by atoms with Gasteiger partial charge in [0.05, 0.1) is 23.7 Å². The van der Waals surface area contributed by atoms with Crippen LogP contribution in [0.15, 0.2) is 48.7 Å². The molecule has 34 heavy (non-hydrogen) atoms. The SMILES string of the molecule is COCCNCc1nc(-c2n[nH]cc2NC(=O)c2c(F)cccc2F)[nH]c1-c1ccc(F)cc1. The Labute approximate surface area is 192 Å². The minimum Gasteiger partial charge on any atom is -0.383 e. The van der Waals surface area contributed by atoms with Crippen molar-refractivity contribution >= 4 is 11.6 Å². The van der Waals surface area contributed by atoms with E-state index in [9.17, 15) is 18.0 Å². The zero-order valence-corrected chi connectivity index (χ0v) is 18.1. The minimum absolute atomic E-state index is 0.172. The number of carbonyl (C=O) groups is 1. The van der Waals surface area contributed by atoms with Crippen molar-refractivity contribution in [2.75, 3.05) is 25.6 Å². The lowest BCUT2D eigenvalue weighted by Gasteiger charge is -2.06. The molecule has 8 nitrogen and oxygen atoms in total. The van der Waals surface area contributed by atoms with Crippen LogP contribution < -0.4 is 10.6 Å². The first kappa shape index (κ1) is 23.2. The van der Waals surface area contributed by atoms with E-state index in [1.54, 1.807) is 19.2 Å². The summed E-state index contributed by atoms with van der Waals surface area (Å²) in [5.41, 5.74) is 1.64. The van der Waals surface area contributed by atoms with Crippen molar-refractivity contribution in [1.29, 1.82) is 0 Å². The first-order valence-electron chi connectivity index (χ1n) is 10.3. The maximum absolute atomic E-state index is 14.0. The Hall–Kier alpha value is -3.96. The second-order valence-electron chi connectivity index (χ2n) is 7.28. The lowest BCUT2D eigenvalue weighted by Crippen LogP contribution is -2.19. The van der Waals surface area contributed by atoms with Gasteiger partial charge in [-0.15, -0.1) is 0 Å². The number of nitrogens with one attached hydrogen (secondary N) is 4. The maximum atomic E-state index is 14.0. The lowest BCUT2D eigenvalue weighted by molar-refractivity contribution is 0.101. The molecule has 0 radical (unpaired) electrons. The molecular weight excluding hydrogens is 449 g/mol. The summed E-state index contributed by atoms with van der Waals surface area (Å²) in [7, 11) is 1.60. The van der Waals surface area contributed by atoms with Crippen LogP contribution in [-0.2, 0) is 11.3 Å². The standard InChI is InChI=1S/C23H21F3N6O2/c1-34-10-9-27-11-17-20(13-5-7-14(24)8-6-13)31-22(29-17)21-18(12-28-32-21)30-23(33)19-15(25)3-2-4-16(19)26/h2-8,12,27H,9-11H2,1H3,(H,28,32)(H,29,31)(H,30,33). The molecule has 0 fully saturated rings. The number of carbonyl (C=O) groups excluding carboxylic acids is 1. The highest BCUT2D eigenvalue weighted by atomic mass is 19.1. The first-order chi connectivity index (χ1) is 16.5. The first-order valence-corrected chi connectivity index (χ1v) is 10.3. The van der Waals surface area contributed by atoms with E-state index in [1.807, 2.05) is 0 Å². The monoisotopic (exact) mass is 470 g/mol. The second-order valence-corrected chi connectivity index (χ2v) is 7.28. The summed E-state index contributed by atoms with van der Waals surface area (Å²) < 4.78 is 46.5. The topological polar surface area (TPSA) is 108 Å². The van der Waals surface area contributed by atoms with Gasteiger partial charge in [0.1, 0.15) is 23.0 Å². The van der Waals surface area contributed by atoms with Gasteiger partial charge in [-0.25, -0.2) is 18.2 Å². The minimum atomic E-state index is -0.983. The summed E-state index contributed by atoms with van der Waals surface area (Å²) in [5, 5.41) is 12.4. The number of H-pyrrole nitrogens is 2. The second kappa shape index (κ2) is 10.3. The third-order valence-corrected chi connectivity index (χ3v) is 4.99. The number of rotatable bonds is 9. The van der Waals surface area contributed by atoms with Gasteiger partial charge in [0.15, 0.2) is 11.5 Å². The van der Waals surface area contributed by atoms with Crippen LogP contribution in [0.25, 0.3) is 22.8 Å². The Morgan fingerprint density at radius 1 is 1.09 bits per heavy atom. The zero-order valence-electron chi connectivity index (χ0n) is 18.1. The average molecular weight is 470 g/mol. The molecule has 0 unspecified atom stereocenters. The van der Waals surface area contributed by atoms with E-state index in [-0.39, 0.29) is 17.2 Å². The van der Waals surface area contributed by atoms with Gasteiger partial charge in [-0.2, -0.15) is 5.10 Å². The van der Waals surface area contributed by atoms with Gasteiger partial charge in [0, 0.05) is 32.0 Å². The van der Waals surface area contributed by atoms with Crippen LogP contribution in [0.2, 0.25) is 0 Å². The van der Waals surface area contributed by atoms with Crippen molar-refractivity contribution in [3.8, 4) is 22.8 Å². The number of nitrogens with zero attached hydrogens (tertiary/aromatic N) is 2. The predicted octanol–water partition coefficient (Wildman–Crippen LogP) is 3.87. The summed E-state index contributed by atoms with van der Waals surface area (Å²) in [6.07, 6.45) is 1.38. The Balaban J connectivity index is 1.65. The normalized spacial score (nSPS) is 11.1. The van der Waals surface area contributed by atoms with Crippen molar-refractivity contribution in [3.63, 3.8) is 0 Å². The molecule has 2 aromatic carbocycles. The van der Waals surface area contributed by atoms with E-state index in [1.165, 1.54) is 24.4 Å². The third-order valence-electron chi connectivity index (χ3n) is 4.99. The Morgan fingerprint density at radius 2 is 1.82 bits per heavy atom. The highest BCUT2D eigenvalue weighted by molar-refractivity contribution is 6.06. The van der Waals surface area contributed by atoms with E-state index in [4.69, 9.17) is 4.74 Å². The van der Waals surface area contributed by atoms with Crippen LogP contribution in [0, 0.1) is 17.5 Å². The van der Waals surface area contributed by atoms with Crippen LogP contribution in [-0.4, -0.2) is 46.3 Å². The van der Waals surface area contributed by atoms with Gasteiger partial charge in [-0.1, -0.05) is 6.07 Å². The molecule has 0 saturated carbocycles. The summed E-state index contributed by atoms with van der Waals surface area (Å²) in [4.78, 5) is 20.3. The van der Waals surface area contributed by atoms with Crippen molar-refractivity contribution in [2.24, 2.45) is 0 Å². The van der Waals surface area contributed by atoms with Gasteiger partial charge >= 0.3 is 0 Å². The zero-order chi connectivity index (χ0) is 24.1. The molecule has 176 valence electrons. The molecular formula is C23H21F3N6O2. The smallest absolute Gasteiger partial charge is 0.261 e. The van der Waals surface area contributed by atoms with Crippen molar-refractivity contribution in [1.82, 2.24) is 25.5 Å². The van der Waals surface area contributed by atoms with Crippen molar-refractivity contribution in [2.45, 2.75) is 6.54 Å². The fourth-order valence-corrected chi connectivity index (χ4v) is 3.35. The Bertz CT molecular complexity index is 1270. The summed E-state index contributed by atoms with van der Waals surface area (Å²) in [6, 6.07) is 9.06. The van der Waals surface area contributed by atoms with Gasteiger partial charge in [-0.3, -0.25) is 9.89 Å². The van der Waals surface area contributed by atoms with Gasteiger partial charge < -0.3 is 20.4 Å². The molecule has 0 bridgehead atoms. The molecule has 0 aliphatic carbocycles. The number of hydrogen-bond donors (Lipinski definition) is 4.